The highest BCUT2D eigenvalue weighted by Crippen LogP contribution is 2.13. The Bertz CT molecular complexity index is 942. The van der Waals surface area contributed by atoms with Crippen molar-refractivity contribution in [1.82, 2.24) is 9.78 Å². The van der Waals surface area contributed by atoms with Crippen molar-refractivity contribution in [2.45, 2.75) is 13.5 Å². The second kappa shape index (κ2) is 8.13. The first-order valence-corrected chi connectivity index (χ1v) is 8.15. The summed E-state index contributed by atoms with van der Waals surface area (Å²) in [6, 6.07) is 11.2. The van der Waals surface area contributed by atoms with Gasteiger partial charge in [-0.25, -0.2) is 4.79 Å². The quantitative estimate of drug-likeness (QED) is 0.508. The van der Waals surface area contributed by atoms with Crippen molar-refractivity contribution in [2.24, 2.45) is 0 Å². The van der Waals surface area contributed by atoms with Gasteiger partial charge in [-0.05, 0) is 42.5 Å². The first-order chi connectivity index (χ1) is 13.0. The van der Waals surface area contributed by atoms with E-state index < -0.39 is 12.6 Å². The van der Waals surface area contributed by atoms with E-state index in [9.17, 15) is 14.4 Å². The Balaban J connectivity index is 1.53. The number of furan rings is 1. The van der Waals surface area contributed by atoms with Crippen molar-refractivity contribution in [3.05, 3.63) is 71.9 Å². The number of esters is 1. The fourth-order valence-corrected chi connectivity index (χ4v) is 2.35. The largest absolute Gasteiger partial charge is 0.452 e. The number of anilines is 1. The molecule has 3 aromatic rings. The molecular weight excluding hydrogens is 350 g/mol. The Morgan fingerprint density at radius 3 is 2.59 bits per heavy atom. The monoisotopic (exact) mass is 367 g/mol. The van der Waals surface area contributed by atoms with E-state index in [0.717, 1.165) is 0 Å². The van der Waals surface area contributed by atoms with Gasteiger partial charge in [0.05, 0.1) is 6.54 Å². The molecule has 0 unspecified atom stereocenters. The number of carbonyl (C=O) groups excluding carboxylic acids is 3. The topological polar surface area (TPSA) is 103 Å². The third-order valence-electron chi connectivity index (χ3n) is 3.60. The van der Waals surface area contributed by atoms with Crippen LogP contribution in [-0.2, 0) is 16.1 Å². The minimum absolute atomic E-state index is 0.0194. The molecule has 138 valence electrons. The van der Waals surface area contributed by atoms with Gasteiger partial charge in [-0.3, -0.25) is 14.3 Å². The van der Waals surface area contributed by atoms with Gasteiger partial charge in [-0.2, -0.15) is 5.10 Å². The molecule has 2 heterocycles. The maximum atomic E-state index is 12.1. The maximum Gasteiger partial charge on any atom is 0.374 e. The van der Waals surface area contributed by atoms with E-state index in [1.165, 1.54) is 13.0 Å². The van der Waals surface area contributed by atoms with Gasteiger partial charge in [0.15, 0.2) is 12.4 Å². The van der Waals surface area contributed by atoms with E-state index in [-0.39, 0.29) is 17.5 Å². The lowest BCUT2D eigenvalue weighted by atomic mass is 10.1. The van der Waals surface area contributed by atoms with E-state index in [1.807, 2.05) is 0 Å². The van der Waals surface area contributed by atoms with E-state index in [1.54, 1.807) is 53.5 Å². The molecule has 2 aromatic heterocycles. The van der Waals surface area contributed by atoms with Gasteiger partial charge in [-0.1, -0.05) is 0 Å². The van der Waals surface area contributed by atoms with Crippen molar-refractivity contribution >= 4 is 23.3 Å². The number of Topliss-reactive ketones (excluding diaryl/α,β-unsaturated/α-hetero) is 1. The zero-order valence-corrected chi connectivity index (χ0v) is 14.5. The van der Waals surface area contributed by atoms with Crippen LogP contribution < -0.4 is 5.32 Å². The molecule has 0 saturated heterocycles. The summed E-state index contributed by atoms with van der Waals surface area (Å²) in [5.41, 5.74) is 0.951. The lowest BCUT2D eigenvalue weighted by molar-refractivity contribution is -0.114. The molecule has 0 spiro atoms. The van der Waals surface area contributed by atoms with Crippen LogP contribution in [0.25, 0.3) is 0 Å². The highest BCUT2D eigenvalue weighted by molar-refractivity contribution is 5.99. The maximum absolute atomic E-state index is 12.1. The van der Waals surface area contributed by atoms with Crippen LogP contribution in [0, 0.1) is 0 Å². The number of ketones is 1. The number of rotatable bonds is 7. The van der Waals surface area contributed by atoms with Crippen LogP contribution in [0.4, 0.5) is 5.69 Å². The number of amides is 1. The predicted molar refractivity (Wildman–Crippen MR) is 95.4 cm³/mol. The predicted octanol–water partition coefficient (Wildman–Crippen LogP) is 2.52. The second-order valence-electron chi connectivity index (χ2n) is 5.73. The minimum atomic E-state index is -0.718. The van der Waals surface area contributed by atoms with E-state index in [2.05, 4.69) is 10.4 Å². The molecule has 1 aromatic carbocycles. The molecule has 0 saturated carbocycles. The number of aromatic nitrogens is 2. The van der Waals surface area contributed by atoms with Crippen LogP contribution in [0.2, 0.25) is 0 Å². The van der Waals surface area contributed by atoms with Crippen LogP contribution in [-0.4, -0.2) is 34.0 Å². The Morgan fingerprint density at radius 1 is 1.15 bits per heavy atom. The minimum Gasteiger partial charge on any atom is -0.452 e. The Kier molecular flexibility index (Phi) is 5.46. The summed E-state index contributed by atoms with van der Waals surface area (Å²) in [5.74, 6) is -0.712. The fraction of sp³-hybridized carbons (Fsp3) is 0.158. The fourth-order valence-electron chi connectivity index (χ4n) is 2.35. The van der Waals surface area contributed by atoms with Gasteiger partial charge in [0.1, 0.15) is 5.76 Å². The first-order valence-electron chi connectivity index (χ1n) is 8.15. The zero-order chi connectivity index (χ0) is 19.2. The number of benzene rings is 1. The molecule has 0 atom stereocenters. The average Bonchev–Trinajstić information content (AvgIpc) is 3.32. The molecular formula is C19H17N3O5. The van der Waals surface area contributed by atoms with Gasteiger partial charge in [0.25, 0.3) is 0 Å². The Morgan fingerprint density at radius 2 is 1.93 bits per heavy atom. The van der Waals surface area contributed by atoms with Crippen molar-refractivity contribution in [2.75, 3.05) is 11.9 Å². The van der Waals surface area contributed by atoms with E-state index >= 15 is 0 Å². The van der Waals surface area contributed by atoms with Crippen molar-refractivity contribution < 1.29 is 23.5 Å². The van der Waals surface area contributed by atoms with Gasteiger partial charge in [-0.15, -0.1) is 0 Å². The summed E-state index contributed by atoms with van der Waals surface area (Å²) < 4.78 is 12.1. The average molecular weight is 367 g/mol. The van der Waals surface area contributed by atoms with Crippen molar-refractivity contribution in [1.29, 1.82) is 0 Å². The highest BCUT2D eigenvalue weighted by atomic mass is 16.5. The molecule has 8 heteroatoms. The van der Waals surface area contributed by atoms with E-state index in [4.69, 9.17) is 9.15 Å². The molecule has 1 N–H and O–H groups in total. The molecule has 0 aliphatic rings. The van der Waals surface area contributed by atoms with Crippen LogP contribution >= 0.6 is 0 Å². The number of nitrogens with zero attached hydrogens (tertiary/aromatic N) is 2. The normalized spacial score (nSPS) is 10.4. The summed E-state index contributed by atoms with van der Waals surface area (Å²) in [6.45, 7) is 1.38. The molecule has 0 fully saturated rings. The number of carbonyl (C=O) groups is 3. The third-order valence-corrected chi connectivity index (χ3v) is 3.60. The molecule has 8 nitrogen and oxygen atoms in total. The standard InChI is InChI=1S/C19H17N3O5/c1-13(23)21-15-5-3-14(4-6-15)17(24)12-26-19(25)18-8-7-16(27-18)11-22-10-2-9-20-22/h2-10H,11-12H2,1H3,(H,21,23). The smallest absolute Gasteiger partial charge is 0.374 e. The zero-order valence-electron chi connectivity index (χ0n) is 14.5. The lowest BCUT2D eigenvalue weighted by Gasteiger charge is -2.05. The van der Waals surface area contributed by atoms with Gasteiger partial charge < -0.3 is 14.5 Å². The summed E-state index contributed by atoms with van der Waals surface area (Å²) in [4.78, 5) is 35.1. The third kappa shape index (κ3) is 4.91. The van der Waals surface area contributed by atoms with E-state index in [0.29, 0.717) is 23.6 Å². The number of hydrogen-bond donors (Lipinski definition) is 1. The highest BCUT2D eigenvalue weighted by Gasteiger charge is 2.16. The van der Waals surface area contributed by atoms with Crippen LogP contribution in [0.3, 0.4) is 0 Å². The van der Waals surface area contributed by atoms with Crippen molar-refractivity contribution in [3.8, 4) is 0 Å². The van der Waals surface area contributed by atoms with Gasteiger partial charge in [0, 0.05) is 30.6 Å². The van der Waals surface area contributed by atoms with Gasteiger partial charge >= 0.3 is 5.97 Å². The van der Waals surface area contributed by atoms with Crippen LogP contribution in [0.15, 0.2) is 59.3 Å². The summed E-state index contributed by atoms with van der Waals surface area (Å²) in [7, 11) is 0. The molecule has 1 amide bonds. The second-order valence-corrected chi connectivity index (χ2v) is 5.73. The molecule has 3 rings (SSSR count). The molecule has 0 radical (unpaired) electrons. The number of ether oxygens (including phenoxy) is 1. The van der Waals surface area contributed by atoms with Gasteiger partial charge in [0.2, 0.25) is 11.7 Å². The summed E-state index contributed by atoms with van der Waals surface area (Å²) in [5, 5.41) is 6.66. The first kappa shape index (κ1) is 18.1. The molecule has 0 aliphatic carbocycles. The molecule has 0 aliphatic heterocycles. The number of hydrogen-bond acceptors (Lipinski definition) is 6. The van der Waals surface area contributed by atoms with Crippen LogP contribution in [0.1, 0.15) is 33.6 Å². The number of nitrogens with one attached hydrogen (secondary N) is 1. The summed E-state index contributed by atoms with van der Waals surface area (Å²) >= 11 is 0. The lowest BCUT2D eigenvalue weighted by Crippen LogP contribution is -2.14. The van der Waals surface area contributed by atoms with Crippen molar-refractivity contribution in [3.63, 3.8) is 0 Å². The molecule has 27 heavy (non-hydrogen) atoms. The summed E-state index contributed by atoms with van der Waals surface area (Å²) in [6.07, 6.45) is 3.42. The molecule has 0 bridgehead atoms. The Hall–Kier alpha value is -3.68. The van der Waals surface area contributed by atoms with Crippen LogP contribution in [0.5, 0.6) is 0 Å². The SMILES string of the molecule is CC(=O)Nc1ccc(C(=O)COC(=O)c2ccc(Cn3cccn3)o2)cc1. The Labute approximate surface area is 154 Å².